The average Bonchev–Trinajstić information content (AvgIpc) is 3.26. The van der Waals surface area contributed by atoms with E-state index < -0.39 is 0 Å². The normalized spacial score (nSPS) is 19.7. The number of hydrogen-bond acceptors (Lipinski definition) is 2. The topological polar surface area (TPSA) is 38.1 Å². The molecular weight excluding hydrogens is 333 g/mol. The second kappa shape index (κ2) is 6.54. The fourth-order valence-electron chi connectivity index (χ4n) is 2.84. The summed E-state index contributed by atoms with van der Waals surface area (Å²) in [6.45, 7) is 3.20. The van der Waals surface area contributed by atoms with Crippen molar-refractivity contribution in [1.29, 1.82) is 0 Å². The van der Waals surface area contributed by atoms with Crippen LogP contribution in [0.5, 0.6) is 0 Å². The summed E-state index contributed by atoms with van der Waals surface area (Å²) in [6, 6.07) is 7.75. The quantitative estimate of drug-likeness (QED) is 0.817. The van der Waals surface area contributed by atoms with E-state index >= 15 is 0 Å². The summed E-state index contributed by atoms with van der Waals surface area (Å²) < 4.78 is 1.78. The molecule has 1 saturated carbocycles. The molecule has 2 unspecified atom stereocenters. The zero-order chi connectivity index (χ0) is 16.6. The van der Waals surface area contributed by atoms with Gasteiger partial charge in [0.25, 0.3) is 0 Å². The van der Waals surface area contributed by atoms with Gasteiger partial charge in [0.05, 0.1) is 11.6 Å². The van der Waals surface area contributed by atoms with Crippen molar-refractivity contribution < 1.29 is 4.79 Å². The van der Waals surface area contributed by atoms with Crippen molar-refractivity contribution in [2.75, 3.05) is 7.05 Å². The summed E-state index contributed by atoms with van der Waals surface area (Å²) in [4.78, 5) is 14.3. The summed E-state index contributed by atoms with van der Waals surface area (Å²) in [5.74, 6) is 0.492. The Morgan fingerprint density at radius 3 is 2.65 bits per heavy atom. The lowest BCUT2D eigenvalue weighted by Gasteiger charge is -2.16. The van der Waals surface area contributed by atoms with Crippen LogP contribution < -0.4 is 0 Å². The molecule has 0 spiro atoms. The first kappa shape index (κ1) is 16.3. The van der Waals surface area contributed by atoms with Crippen molar-refractivity contribution in [2.24, 2.45) is 5.92 Å². The zero-order valence-corrected chi connectivity index (χ0v) is 14.7. The van der Waals surface area contributed by atoms with Crippen molar-refractivity contribution in [3.05, 3.63) is 51.8 Å². The van der Waals surface area contributed by atoms with Crippen molar-refractivity contribution in [3.63, 3.8) is 0 Å². The number of carbonyl (C=O) groups is 1. The maximum absolute atomic E-state index is 12.6. The highest BCUT2D eigenvalue weighted by Crippen LogP contribution is 2.48. The summed E-state index contributed by atoms with van der Waals surface area (Å²) >= 11 is 12.1. The Labute approximate surface area is 146 Å². The third kappa shape index (κ3) is 3.54. The van der Waals surface area contributed by atoms with Gasteiger partial charge in [-0.05, 0) is 37.0 Å². The first-order valence-electron chi connectivity index (χ1n) is 7.72. The molecule has 122 valence electrons. The Morgan fingerprint density at radius 1 is 1.35 bits per heavy atom. The Kier molecular flexibility index (Phi) is 4.64. The standard InChI is InChI=1S/C17H19Cl2N3O/c1-3-22-9-15(19)16(20-22)10-21(2)17(23)14-8-13(14)11-4-6-12(18)7-5-11/h4-7,9,13-14H,3,8,10H2,1-2H3. The van der Waals surface area contributed by atoms with Crippen LogP contribution in [-0.4, -0.2) is 27.6 Å². The molecule has 1 fully saturated rings. The fraction of sp³-hybridized carbons (Fsp3) is 0.412. The Bertz CT molecular complexity index is 711. The molecule has 1 amide bonds. The molecular formula is C17H19Cl2N3O. The minimum absolute atomic E-state index is 0.0493. The van der Waals surface area contributed by atoms with E-state index in [-0.39, 0.29) is 11.8 Å². The molecule has 1 aliphatic rings. The molecule has 1 aromatic heterocycles. The number of carbonyl (C=O) groups excluding carboxylic acids is 1. The first-order valence-corrected chi connectivity index (χ1v) is 8.47. The largest absolute Gasteiger partial charge is 0.339 e. The number of benzene rings is 1. The van der Waals surface area contributed by atoms with E-state index in [1.165, 1.54) is 5.56 Å². The van der Waals surface area contributed by atoms with Gasteiger partial charge in [-0.15, -0.1) is 0 Å². The maximum Gasteiger partial charge on any atom is 0.226 e. The fourth-order valence-corrected chi connectivity index (χ4v) is 3.17. The molecule has 4 nitrogen and oxygen atoms in total. The lowest BCUT2D eigenvalue weighted by molar-refractivity contribution is -0.131. The molecule has 2 aromatic rings. The minimum Gasteiger partial charge on any atom is -0.339 e. The van der Waals surface area contributed by atoms with Crippen molar-refractivity contribution in [2.45, 2.75) is 32.4 Å². The molecule has 6 heteroatoms. The van der Waals surface area contributed by atoms with Crippen LogP contribution in [0.2, 0.25) is 10.0 Å². The van der Waals surface area contributed by atoms with Crippen molar-refractivity contribution in [3.8, 4) is 0 Å². The smallest absolute Gasteiger partial charge is 0.226 e. The van der Waals surface area contributed by atoms with Crippen LogP contribution in [0, 0.1) is 5.92 Å². The van der Waals surface area contributed by atoms with E-state index in [0.717, 1.165) is 23.7 Å². The van der Waals surface area contributed by atoms with Crippen LogP contribution in [0.4, 0.5) is 0 Å². The van der Waals surface area contributed by atoms with E-state index in [1.54, 1.807) is 22.8 Å². The molecule has 0 bridgehead atoms. The predicted octanol–water partition coefficient (Wildman–Crippen LogP) is 3.97. The minimum atomic E-state index is 0.0493. The Morgan fingerprint density at radius 2 is 2.04 bits per heavy atom. The summed E-state index contributed by atoms with van der Waals surface area (Å²) in [7, 11) is 1.81. The highest BCUT2D eigenvalue weighted by Gasteiger charge is 2.45. The van der Waals surface area contributed by atoms with Gasteiger partial charge >= 0.3 is 0 Å². The van der Waals surface area contributed by atoms with E-state index in [1.807, 2.05) is 31.2 Å². The van der Waals surface area contributed by atoms with Crippen LogP contribution >= 0.6 is 23.2 Å². The maximum atomic E-state index is 12.6. The van der Waals surface area contributed by atoms with Gasteiger partial charge < -0.3 is 4.90 Å². The number of aryl methyl sites for hydroxylation is 1. The highest BCUT2D eigenvalue weighted by molar-refractivity contribution is 6.31. The predicted molar refractivity (Wildman–Crippen MR) is 91.7 cm³/mol. The van der Waals surface area contributed by atoms with Crippen LogP contribution in [0.25, 0.3) is 0 Å². The second-order valence-corrected chi connectivity index (χ2v) is 6.82. The second-order valence-electron chi connectivity index (χ2n) is 5.97. The van der Waals surface area contributed by atoms with Crippen molar-refractivity contribution >= 4 is 29.1 Å². The van der Waals surface area contributed by atoms with E-state index in [0.29, 0.717) is 17.5 Å². The molecule has 23 heavy (non-hydrogen) atoms. The number of nitrogens with zero attached hydrogens (tertiary/aromatic N) is 3. The monoisotopic (exact) mass is 351 g/mol. The molecule has 0 radical (unpaired) electrons. The van der Waals surface area contributed by atoms with E-state index in [9.17, 15) is 4.79 Å². The summed E-state index contributed by atoms with van der Waals surface area (Å²) in [5.41, 5.74) is 1.92. The number of amides is 1. The average molecular weight is 352 g/mol. The number of hydrogen-bond donors (Lipinski definition) is 0. The molecule has 1 heterocycles. The third-order valence-corrected chi connectivity index (χ3v) is 4.85. The lowest BCUT2D eigenvalue weighted by Crippen LogP contribution is -2.28. The highest BCUT2D eigenvalue weighted by atomic mass is 35.5. The van der Waals surface area contributed by atoms with Gasteiger partial charge in [0.15, 0.2) is 0 Å². The van der Waals surface area contributed by atoms with Crippen LogP contribution in [0.3, 0.4) is 0 Å². The summed E-state index contributed by atoms with van der Waals surface area (Å²) in [5, 5.41) is 5.72. The van der Waals surface area contributed by atoms with E-state index in [2.05, 4.69) is 5.10 Å². The summed E-state index contributed by atoms with van der Waals surface area (Å²) in [6.07, 6.45) is 2.69. The Hall–Kier alpha value is -1.52. The third-order valence-electron chi connectivity index (χ3n) is 4.28. The van der Waals surface area contributed by atoms with Gasteiger partial charge in [-0.25, -0.2) is 0 Å². The SMILES string of the molecule is CCn1cc(Cl)c(CN(C)C(=O)C2CC2c2ccc(Cl)cc2)n1. The van der Waals surface area contributed by atoms with Crippen LogP contribution in [0.1, 0.15) is 30.5 Å². The van der Waals surface area contributed by atoms with Gasteiger partial charge in [-0.1, -0.05) is 35.3 Å². The van der Waals surface area contributed by atoms with Gasteiger partial charge in [-0.2, -0.15) is 5.10 Å². The number of aromatic nitrogens is 2. The molecule has 2 atom stereocenters. The van der Waals surface area contributed by atoms with Gasteiger partial charge in [0.2, 0.25) is 5.91 Å². The van der Waals surface area contributed by atoms with Gasteiger partial charge in [0.1, 0.15) is 5.69 Å². The number of halogens is 2. The van der Waals surface area contributed by atoms with Crippen LogP contribution in [0.15, 0.2) is 30.5 Å². The molecule has 0 N–H and O–H groups in total. The molecule has 3 rings (SSSR count). The van der Waals surface area contributed by atoms with Gasteiger partial charge in [-0.3, -0.25) is 9.48 Å². The molecule has 1 aromatic carbocycles. The molecule has 0 aliphatic heterocycles. The lowest BCUT2D eigenvalue weighted by atomic mass is 10.1. The van der Waals surface area contributed by atoms with Crippen LogP contribution in [-0.2, 0) is 17.9 Å². The van der Waals surface area contributed by atoms with Gasteiger partial charge in [0, 0.05) is 30.7 Å². The molecule has 1 aliphatic carbocycles. The van der Waals surface area contributed by atoms with E-state index in [4.69, 9.17) is 23.2 Å². The Balaban J connectivity index is 1.62. The van der Waals surface area contributed by atoms with Crippen molar-refractivity contribution in [1.82, 2.24) is 14.7 Å². The number of rotatable bonds is 5. The first-order chi connectivity index (χ1) is 11.0. The molecule has 0 saturated heterocycles. The zero-order valence-electron chi connectivity index (χ0n) is 13.2.